The lowest BCUT2D eigenvalue weighted by molar-refractivity contribution is -0.132. The molecule has 26 heavy (non-hydrogen) atoms. The molecule has 1 aromatic carbocycles. The minimum absolute atomic E-state index is 0.0901. The van der Waals surface area contributed by atoms with Gasteiger partial charge in [-0.15, -0.1) is 11.3 Å². The van der Waals surface area contributed by atoms with E-state index in [4.69, 9.17) is 4.74 Å². The maximum atomic E-state index is 12.9. The van der Waals surface area contributed by atoms with Crippen molar-refractivity contribution in [3.8, 4) is 5.75 Å². The van der Waals surface area contributed by atoms with Crippen molar-refractivity contribution >= 4 is 28.8 Å². The van der Waals surface area contributed by atoms with Gasteiger partial charge in [-0.25, -0.2) is 0 Å². The lowest BCUT2D eigenvalue weighted by Crippen LogP contribution is -2.46. The van der Waals surface area contributed by atoms with Crippen LogP contribution < -0.4 is 9.64 Å². The van der Waals surface area contributed by atoms with Crippen molar-refractivity contribution in [3.63, 3.8) is 0 Å². The topological polar surface area (TPSA) is 49.9 Å². The Kier molecular flexibility index (Phi) is 4.68. The average Bonchev–Trinajstić information content (AvgIpc) is 3.35. The van der Waals surface area contributed by atoms with Crippen LogP contribution in [0, 0.1) is 0 Å². The number of hydrogen-bond acceptors (Lipinski definition) is 4. The second kappa shape index (κ2) is 7.11. The van der Waals surface area contributed by atoms with Gasteiger partial charge in [0, 0.05) is 23.9 Å². The van der Waals surface area contributed by atoms with Gasteiger partial charge in [-0.3, -0.25) is 9.59 Å². The first kappa shape index (κ1) is 17.1. The fourth-order valence-electron chi connectivity index (χ4n) is 3.32. The zero-order chi connectivity index (χ0) is 18.1. The molecule has 1 saturated carbocycles. The first-order valence-electron chi connectivity index (χ1n) is 9.02. The van der Waals surface area contributed by atoms with Gasteiger partial charge in [-0.05, 0) is 43.3 Å². The van der Waals surface area contributed by atoms with Crippen LogP contribution in [0.5, 0.6) is 5.75 Å². The van der Waals surface area contributed by atoms with Crippen molar-refractivity contribution in [1.82, 2.24) is 4.90 Å². The molecule has 0 N–H and O–H groups in total. The largest absolute Gasteiger partial charge is 0.479 e. The Morgan fingerprint density at radius 3 is 2.81 bits per heavy atom. The Labute approximate surface area is 157 Å². The molecule has 1 unspecified atom stereocenters. The van der Waals surface area contributed by atoms with Gasteiger partial charge in [-0.1, -0.05) is 18.2 Å². The number of thiophene rings is 1. The molecule has 2 aliphatic rings. The summed E-state index contributed by atoms with van der Waals surface area (Å²) >= 11 is 1.68. The highest BCUT2D eigenvalue weighted by Crippen LogP contribution is 2.34. The number of carbonyl (C=O) groups excluding carboxylic acids is 2. The molecule has 1 aliphatic carbocycles. The van der Waals surface area contributed by atoms with E-state index in [0.717, 1.165) is 18.5 Å². The summed E-state index contributed by atoms with van der Waals surface area (Å²) in [6, 6.07) is 11.9. The van der Waals surface area contributed by atoms with Gasteiger partial charge in [0.1, 0.15) is 5.75 Å². The molecule has 0 spiro atoms. The van der Waals surface area contributed by atoms with Crippen LogP contribution in [0.15, 0.2) is 41.8 Å². The summed E-state index contributed by atoms with van der Waals surface area (Å²) < 4.78 is 5.66. The highest BCUT2D eigenvalue weighted by molar-refractivity contribution is 7.09. The summed E-state index contributed by atoms with van der Waals surface area (Å²) in [4.78, 5) is 30.3. The quantitative estimate of drug-likeness (QED) is 0.783. The van der Waals surface area contributed by atoms with Gasteiger partial charge >= 0.3 is 0 Å². The van der Waals surface area contributed by atoms with E-state index in [-0.39, 0.29) is 11.8 Å². The molecule has 4 rings (SSSR count). The van der Waals surface area contributed by atoms with Gasteiger partial charge in [0.25, 0.3) is 5.91 Å². The Bertz CT molecular complexity index is 801. The molecule has 0 radical (unpaired) electrons. The highest BCUT2D eigenvalue weighted by Gasteiger charge is 2.35. The van der Waals surface area contributed by atoms with Crippen LogP contribution in [0.25, 0.3) is 0 Å². The van der Waals surface area contributed by atoms with E-state index in [1.54, 1.807) is 23.2 Å². The number of amides is 2. The third-order valence-corrected chi connectivity index (χ3v) is 5.70. The zero-order valence-electron chi connectivity index (χ0n) is 14.8. The maximum Gasteiger partial charge on any atom is 0.267 e. The number of benzene rings is 1. The van der Waals surface area contributed by atoms with Crippen LogP contribution in [0.3, 0.4) is 0 Å². The van der Waals surface area contributed by atoms with Crippen LogP contribution in [0.1, 0.15) is 31.1 Å². The summed E-state index contributed by atoms with van der Waals surface area (Å²) in [6.45, 7) is 2.81. The number of hydrogen-bond donors (Lipinski definition) is 0. The molecule has 136 valence electrons. The molecule has 5 nitrogen and oxygen atoms in total. The van der Waals surface area contributed by atoms with Crippen LogP contribution in [0.2, 0.25) is 0 Å². The van der Waals surface area contributed by atoms with E-state index in [1.807, 2.05) is 40.6 Å². The number of rotatable bonds is 6. The molecule has 0 bridgehead atoms. The molecule has 6 heteroatoms. The molecule has 1 aromatic heterocycles. The lowest BCUT2D eigenvalue weighted by Gasteiger charge is -2.33. The minimum atomic E-state index is -0.523. The van der Waals surface area contributed by atoms with Crippen molar-refractivity contribution in [2.75, 3.05) is 11.4 Å². The van der Waals surface area contributed by atoms with Gasteiger partial charge in [0.15, 0.2) is 6.10 Å². The third kappa shape index (κ3) is 3.46. The Morgan fingerprint density at radius 1 is 1.27 bits per heavy atom. The molecule has 0 saturated heterocycles. The minimum Gasteiger partial charge on any atom is -0.479 e. The number of fused-ring (bicyclic) bond motifs is 1. The number of carbonyl (C=O) groups is 2. The third-order valence-electron chi connectivity index (χ3n) is 4.84. The lowest BCUT2D eigenvalue weighted by atomic mass is 10.1. The average molecular weight is 370 g/mol. The van der Waals surface area contributed by atoms with Gasteiger partial charge in [0.05, 0.1) is 12.2 Å². The van der Waals surface area contributed by atoms with E-state index in [0.29, 0.717) is 31.3 Å². The fourth-order valence-corrected chi connectivity index (χ4v) is 4.02. The van der Waals surface area contributed by atoms with E-state index < -0.39 is 6.10 Å². The molecule has 2 amide bonds. The van der Waals surface area contributed by atoms with Gasteiger partial charge in [0.2, 0.25) is 5.91 Å². The standard InChI is InChI=1S/C20H22N2O3S/c1-14-20(24)21(17-6-2-3-7-18(17)25-14)11-10-19(23)22(15-8-9-15)13-16-5-4-12-26-16/h2-7,12,14-15H,8-11,13H2,1H3. The second-order valence-corrected chi connectivity index (χ2v) is 7.83. The number of para-hydroxylation sites is 2. The number of nitrogens with zero attached hydrogens (tertiary/aromatic N) is 2. The predicted molar refractivity (Wildman–Crippen MR) is 101 cm³/mol. The molecule has 2 aromatic rings. The Balaban J connectivity index is 1.45. The number of anilines is 1. The molecule has 1 fully saturated rings. The first-order valence-corrected chi connectivity index (χ1v) is 9.90. The summed E-state index contributed by atoms with van der Waals surface area (Å²) in [7, 11) is 0. The molecular formula is C20H22N2O3S. The summed E-state index contributed by atoms with van der Waals surface area (Å²) in [5.41, 5.74) is 0.750. The second-order valence-electron chi connectivity index (χ2n) is 6.80. The van der Waals surface area contributed by atoms with Gasteiger partial charge in [-0.2, -0.15) is 0 Å². The molecular weight excluding hydrogens is 348 g/mol. The first-order chi connectivity index (χ1) is 12.6. The maximum absolute atomic E-state index is 12.9. The van der Waals surface area contributed by atoms with E-state index in [9.17, 15) is 9.59 Å². The van der Waals surface area contributed by atoms with Crippen molar-refractivity contribution in [3.05, 3.63) is 46.7 Å². The van der Waals surface area contributed by atoms with Crippen molar-refractivity contribution in [2.45, 2.75) is 44.9 Å². The fraction of sp³-hybridized carbons (Fsp3) is 0.400. The zero-order valence-corrected chi connectivity index (χ0v) is 15.6. The van der Waals surface area contributed by atoms with Gasteiger partial charge < -0.3 is 14.5 Å². The molecule has 2 heterocycles. The van der Waals surface area contributed by atoms with Crippen molar-refractivity contribution < 1.29 is 14.3 Å². The van der Waals surface area contributed by atoms with Crippen LogP contribution in [-0.2, 0) is 16.1 Å². The van der Waals surface area contributed by atoms with E-state index >= 15 is 0 Å². The Hall–Kier alpha value is -2.34. The van der Waals surface area contributed by atoms with E-state index in [1.165, 1.54) is 4.88 Å². The molecule has 1 atom stereocenters. The van der Waals surface area contributed by atoms with Crippen molar-refractivity contribution in [2.24, 2.45) is 0 Å². The Morgan fingerprint density at radius 2 is 2.08 bits per heavy atom. The predicted octanol–water partition coefficient (Wildman–Crippen LogP) is 3.44. The van der Waals surface area contributed by atoms with Crippen LogP contribution in [-0.4, -0.2) is 35.4 Å². The molecule has 1 aliphatic heterocycles. The normalized spacial score (nSPS) is 19.0. The number of ether oxygens (including phenoxy) is 1. The summed E-state index contributed by atoms with van der Waals surface area (Å²) in [6.07, 6.45) is 1.96. The summed E-state index contributed by atoms with van der Waals surface area (Å²) in [5.74, 6) is 0.725. The van der Waals surface area contributed by atoms with Crippen molar-refractivity contribution in [1.29, 1.82) is 0 Å². The monoisotopic (exact) mass is 370 g/mol. The van der Waals surface area contributed by atoms with Crippen LogP contribution in [0.4, 0.5) is 5.69 Å². The highest BCUT2D eigenvalue weighted by atomic mass is 32.1. The van der Waals surface area contributed by atoms with E-state index in [2.05, 4.69) is 6.07 Å². The smallest absolute Gasteiger partial charge is 0.267 e. The summed E-state index contributed by atoms with van der Waals surface area (Å²) in [5, 5.41) is 2.04. The van der Waals surface area contributed by atoms with Crippen LogP contribution >= 0.6 is 11.3 Å². The SMILES string of the molecule is CC1Oc2ccccc2N(CCC(=O)N(Cc2cccs2)C2CC2)C1=O.